The van der Waals surface area contributed by atoms with Crippen LogP contribution in [0.3, 0.4) is 0 Å². The van der Waals surface area contributed by atoms with Crippen molar-refractivity contribution in [1.29, 1.82) is 0 Å². The molecular formula is C24H26FN3O3S. The number of aryl methyl sites for hydroxylation is 2. The van der Waals surface area contributed by atoms with Gasteiger partial charge in [0.2, 0.25) is 15.9 Å². The van der Waals surface area contributed by atoms with Crippen molar-refractivity contribution < 1.29 is 17.3 Å². The van der Waals surface area contributed by atoms with Gasteiger partial charge in [0.25, 0.3) is 0 Å². The Balaban J connectivity index is 1.43. The summed E-state index contributed by atoms with van der Waals surface area (Å²) in [6.45, 7) is 1.93. The molecule has 1 aliphatic heterocycles. The van der Waals surface area contributed by atoms with Gasteiger partial charge in [-0.2, -0.15) is 9.29 Å². The van der Waals surface area contributed by atoms with Crippen LogP contribution in [0.1, 0.15) is 66.9 Å². The Morgan fingerprint density at radius 3 is 2.44 bits per heavy atom. The molecule has 32 heavy (non-hydrogen) atoms. The summed E-state index contributed by atoms with van der Waals surface area (Å²) in [5.41, 5.74) is 1.80. The maximum atomic E-state index is 13.7. The zero-order valence-corrected chi connectivity index (χ0v) is 18.8. The lowest BCUT2D eigenvalue weighted by atomic mass is 10.0. The second kappa shape index (κ2) is 8.41. The van der Waals surface area contributed by atoms with Crippen molar-refractivity contribution in [2.75, 3.05) is 0 Å². The Morgan fingerprint density at radius 1 is 1.03 bits per heavy atom. The number of aromatic nitrogens is 2. The normalized spacial score (nSPS) is 21.8. The molecule has 6 nitrogen and oxygen atoms in total. The minimum absolute atomic E-state index is 0.201. The van der Waals surface area contributed by atoms with E-state index in [1.165, 1.54) is 12.1 Å². The molecule has 2 aromatic carbocycles. The Morgan fingerprint density at radius 2 is 1.75 bits per heavy atom. The average Bonchev–Trinajstić information content (AvgIpc) is 3.36. The van der Waals surface area contributed by atoms with E-state index in [2.05, 4.69) is 10.1 Å². The Kier molecular flexibility index (Phi) is 5.59. The predicted octanol–water partition coefficient (Wildman–Crippen LogP) is 4.92. The first-order valence-electron chi connectivity index (χ1n) is 11.1. The number of halogens is 1. The third-order valence-electron chi connectivity index (χ3n) is 6.41. The van der Waals surface area contributed by atoms with Crippen molar-refractivity contribution in [2.24, 2.45) is 0 Å². The van der Waals surface area contributed by atoms with Crippen LogP contribution >= 0.6 is 0 Å². The fourth-order valence-corrected chi connectivity index (χ4v) is 6.38. The minimum Gasteiger partial charge on any atom is -0.339 e. The molecule has 1 aromatic heterocycles. The van der Waals surface area contributed by atoms with Crippen molar-refractivity contribution >= 4 is 10.0 Å². The Bertz CT molecular complexity index is 1190. The monoisotopic (exact) mass is 455 g/mol. The van der Waals surface area contributed by atoms with E-state index in [1.807, 2.05) is 19.1 Å². The third-order valence-corrected chi connectivity index (χ3v) is 8.38. The first kappa shape index (κ1) is 21.3. The van der Waals surface area contributed by atoms with Crippen molar-refractivity contribution in [2.45, 2.75) is 68.3 Å². The van der Waals surface area contributed by atoms with Gasteiger partial charge in [-0.15, -0.1) is 0 Å². The zero-order chi connectivity index (χ0) is 22.3. The van der Waals surface area contributed by atoms with Crippen LogP contribution in [0.25, 0.3) is 0 Å². The van der Waals surface area contributed by atoms with Crippen LogP contribution in [0.5, 0.6) is 0 Å². The number of rotatable bonds is 7. The molecule has 168 valence electrons. The van der Waals surface area contributed by atoms with E-state index in [0.717, 1.165) is 36.2 Å². The largest absolute Gasteiger partial charge is 0.339 e. The number of nitrogens with zero attached hydrogens (tertiary/aromatic N) is 3. The van der Waals surface area contributed by atoms with Crippen molar-refractivity contribution in [3.8, 4) is 0 Å². The van der Waals surface area contributed by atoms with Gasteiger partial charge in [0.05, 0.1) is 10.9 Å². The highest BCUT2D eigenvalue weighted by Crippen LogP contribution is 2.42. The van der Waals surface area contributed by atoms with Crippen LogP contribution in [0, 0.1) is 12.7 Å². The summed E-state index contributed by atoms with van der Waals surface area (Å²) in [6, 6.07) is 12.5. The summed E-state index contributed by atoms with van der Waals surface area (Å²) in [7, 11) is -3.74. The summed E-state index contributed by atoms with van der Waals surface area (Å²) in [5, 5.41) is 4.06. The van der Waals surface area contributed by atoms with E-state index in [4.69, 9.17) is 4.52 Å². The van der Waals surface area contributed by atoms with E-state index in [0.29, 0.717) is 31.1 Å². The highest BCUT2D eigenvalue weighted by atomic mass is 32.2. The van der Waals surface area contributed by atoms with Crippen LogP contribution in [0.15, 0.2) is 57.9 Å². The molecule has 8 heteroatoms. The maximum absolute atomic E-state index is 13.7. The fourth-order valence-electron chi connectivity index (χ4n) is 4.49. The lowest BCUT2D eigenvalue weighted by Gasteiger charge is -2.29. The maximum Gasteiger partial charge on any atom is 0.243 e. The molecule has 0 spiro atoms. The average molecular weight is 456 g/mol. The Labute approximate surface area is 187 Å². The zero-order valence-electron chi connectivity index (χ0n) is 17.9. The van der Waals surface area contributed by atoms with Crippen LogP contribution < -0.4 is 0 Å². The molecule has 5 rings (SSSR count). The van der Waals surface area contributed by atoms with Gasteiger partial charge in [0.1, 0.15) is 5.82 Å². The summed E-state index contributed by atoms with van der Waals surface area (Å²) >= 11 is 0. The molecule has 2 atom stereocenters. The molecule has 0 N–H and O–H groups in total. The smallest absolute Gasteiger partial charge is 0.243 e. The summed E-state index contributed by atoms with van der Waals surface area (Å²) in [4.78, 5) is 4.76. The summed E-state index contributed by atoms with van der Waals surface area (Å²) in [5.74, 6) is 1.41. The molecule has 2 aliphatic rings. The Hall–Kier alpha value is -2.58. The van der Waals surface area contributed by atoms with E-state index in [1.54, 1.807) is 28.6 Å². The molecule has 3 aromatic rings. The predicted molar refractivity (Wildman–Crippen MR) is 117 cm³/mol. The first-order chi connectivity index (χ1) is 15.4. The van der Waals surface area contributed by atoms with Gasteiger partial charge in [-0.1, -0.05) is 35.0 Å². The molecule has 2 fully saturated rings. The number of hydrogen-bond donors (Lipinski definition) is 0. The molecule has 1 saturated carbocycles. The quantitative estimate of drug-likeness (QED) is 0.505. The summed E-state index contributed by atoms with van der Waals surface area (Å²) < 4.78 is 48.0. The highest BCUT2D eigenvalue weighted by molar-refractivity contribution is 7.89. The lowest BCUT2D eigenvalue weighted by molar-refractivity contribution is 0.300. The SMILES string of the molecule is Cc1ccc(S(=O)(=O)N2C(CCc3nc(C4CC4)no3)CCC2c2ccc(F)cc2)cc1. The minimum atomic E-state index is -3.74. The van der Waals surface area contributed by atoms with Crippen LogP contribution in [-0.4, -0.2) is 28.9 Å². The van der Waals surface area contributed by atoms with Gasteiger partial charge in [-0.3, -0.25) is 0 Å². The van der Waals surface area contributed by atoms with Gasteiger partial charge in [-0.25, -0.2) is 12.8 Å². The second-order valence-electron chi connectivity index (χ2n) is 8.81. The number of hydrogen-bond acceptors (Lipinski definition) is 5. The topological polar surface area (TPSA) is 76.3 Å². The van der Waals surface area contributed by atoms with Crippen molar-refractivity contribution in [3.63, 3.8) is 0 Å². The molecule has 0 bridgehead atoms. The highest BCUT2D eigenvalue weighted by Gasteiger charge is 2.43. The lowest BCUT2D eigenvalue weighted by Crippen LogP contribution is -2.37. The summed E-state index contributed by atoms with van der Waals surface area (Å²) in [6.07, 6.45) is 4.72. The molecule has 1 saturated heterocycles. The second-order valence-corrected chi connectivity index (χ2v) is 10.6. The third kappa shape index (κ3) is 4.21. The van der Waals surface area contributed by atoms with Gasteiger partial charge in [0, 0.05) is 18.4 Å². The van der Waals surface area contributed by atoms with Crippen molar-refractivity contribution in [1.82, 2.24) is 14.4 Å². The molecule has 0 amide bonds. The van der Waals surface area contributed by atoms with Crippen molar-refractivity contribution in [3.05, 3.63) is 77.2 Å². The van der Waals surface area contributed by atoms with Gasteiger partial charge >= 0.3 is 0 Å². The van der Waals surface area contributed by atoms with Crippen LogP contribution in [0.4, 0.5) is 4.39 Å². The van der Waals surface area contributed by atoms with E-state index in [-0.39, 0.29) is 22.8 Å². The molecule has 0 radical (unpaired) electrons. The molecule has 2 heterocycles. The standard InChI is InChI=1S/C24H26FN3O3S/c1-16-2-12-21(13-3-16)32(29,30)28-20(10-14-22(28)17-6-8-19(25)9-7-17)11-15-23-26-24(27-31-23)18-4-5-18/h2-3,6-9,12-13,18,20,22H,4-5,10-11,14-15H2,1H3. The number of benzene rings is 2. The van der Waals surface area contributed by atoms with E-state index in [9.17, 15) is 12.8 Å². The molecular weight excluding hydrogens is 429 g/mol. The van der Waals surface area contributed by atoms with Gasteiger partial charge in [0.15, 0.2) is 5.82 Å². The van der Waals surface area contributed by atoms with E-state index < -0.39 is 10.0 Å². The number of sulfonamides is 1. The molecule has 1 aliphatic carbocycles. The van der Waals surface area contributed by atoms with E-state index >= 15 is 0 Å². The van der Waals surface area contributed by atoms with Gasteiger partial charge in [-0.05, 0) is 68.9 Å². The first-order valence-corrected chi connectivity index (χ1v) is 12.5. The molecule has 2 unspecified atom stereocenters. The van der Waals surface area contributed by atoms with Gasteiger partial charge < -0.3 is 4.52 Å². The van der Waals surface area contributed by atoms with Crippen LogP contribution in [-0.2, 0) is 16.4 Å². The van der Waals surface area contributed by atoms with Crippen LogP contribution in [0.2, 0.25) is 0 Å². The fraction of sp³-hybridized carbons (Fsp3) is 0.417.